The maximum Gasteiger partial charge on any atom is 0.360 e. The first-order valence-corrected chi connectivity index (χ1v) is 3.55. The topological polar surface area (TPSA) is 64.7 Å². The van der Waals surface area contributed by atoms with Crippen molar-refractivity contribution in [2.24, 2.45) is 16.8 Å². The van der Waals surface area contributed by atoms with Crippen LogP contribution in [0.2, 0.25) is 0 Å². The van der Waals surface area contributed by atoms with Crippen molar-refractivity contribution in [3.8, 4) is 0 Å². The van der Waals surface area contributed by atoms with E-state index in [0.717, 1.165) is 0 Å². The maximum absolute atomic E-state index is 11.1. The molecule has 1 heterocycles. The summed E-state index contributed by atoms with van der Waals surface area (Å²) in [6.07, 6.45) is 0. The Kier molecular flexibility index (Phi) is 1.72. The summed E-state index contributed by atoms with van der Waals surface area (Å²) in [6.45, 7) is 5.43. The third kappa shape index (κ3) is 0.939. The highest BCUT2D eigenvalue weighted by Gasteiger charge is 2.46. The van der Waals surface area contributed by atoms with Crippen molar-refractivity contribution in [1.29, 1.82) is 0 Å². The van der Waals surface area contributed by atoms with Crippen LogP contribution in [0, 0.1) is 5.92 Å². The predicted octanol–water partition coefficient (Wildman–Crippen LogP) is 0.273. The summed E-state index contributed by atoms with van der Waals surface area (Å²) in [5, 5.41) is 3.53. The van der Waals surface area contributed by atoms with E-state index >= 15 is 0 Å². The summed E-state index contributed by atoms with van der Waals surface area (Å²) in [5.74, 6) is -0.439. The lowest BCUT2D eigenvalue weighted by molar-refractivity contribution is -0.145. The number of carbonyl (C=O) groups excluding carboxylic acids is 1. The Morgan fingerprint density at radius 2 is 2.18 bits per heavy atom. The smallest absolute Gasteiger partial charge is 0.316 e. The van der Waals surface area contributed by atoms with Gasteiger partial charge in [0.2, 0.25) is 0 Å². The summed E-state index contributed by atoms with van der Waals surface area (Å²) >= 11 is 0. The summed E-state index contributed by atoms with van der Waals surface area (Å²) in [5.41, 5.74) is 5.34. The van der Waals surface area contributed by atoms with Crippen LogP contribution in [0.3, 0.4) is 0 Å². The first-order chi connectivity index (χ1) is 4.99. The van der Waals surface area contributed by atoms with Gasteiger partial charge in [0.15, 0.2) is 5.54 Å². The number of hydrogen-bond acceptors (Lipinski definition) is 4. The van der Waals surface area contributed by atoms with Crippen molar-refractivity contribution in [2.75, 3.05) is 0 Å². The fourth-order valence-corrected chi connectivity index (χ4v) is 1.06. The molecule has 0 amide bonds. The molecule has 0 spiro atoms. The van der Waals surface area contributed by atoms with Crippen LogP contribution < -0.4 is 5.73 Å². The van der Waals surface area contributed by atoms with Gasteiger partial charge in [-0.25, -0.2) is 4.79 Å². The monoisotopic (exact) mass is 156 g/mol. The third-order valence-corrected chi connectivity index (χ3v) is 2.11. The second kappa shape index (κ2) is 2.30. The van der Waals surface area contributed by atoms with Crippen LogP contribution in [-0.4, -0.2) is 17.2 Å². The standard InChI is InChI=1S/C7H12N2O2/c1-4(2)7(8)5(3)9-11-6(7)10/h4H,8H2,1-3H3. The van der Waals surface area contributed by atoms with Crippen molar-refractivity contribution < 1.29 is 9.63 Å². The molecule has 4 heteroatoms. The Bertz CT molecular complexity index is 222. The van der Waals surface area contributed by atoms with E-state index in [9.17, 15) is 4.79 Å². The average molecular weight is 156 g/mol. The van der Waals surface area contributed by atoms with Gasteiger partial charge in [-0.15, -0.1) is 0 Å². The lowest BCUT2D eigenvalue weighted by atomic mass is 9.84. The molecule has 62 valence electrons. The zero-order valence-corrected chi connectivity index (χ0v) is 6.92. The molecule has 0 aromatic rings. The second-order valence-electron chi connectivity index (χ2n) is 3.08. The van der Waals surface area contributed by atoms with Crippen molar-refractivity contribution in [3.63, 3.8) is 0 Å². The Labute approximate surface area is 65.4 Å². The average Bonchev–Trinajstić information content (AvgIpc) is 2.18. The summed E-state index contributed by atoms with van der Waals surface area (Å²) in [4.78, 5) is 15.6. The Hall–Kier alpha value is -0.900. The largest absolute Gasteiger partial charge is 0.360 e. The van der Waals surface area contributed by atoms with Gasteiger partial charge < -0.3 is 10.6 Å². The van der Waals surface area contributed by atoms with Crippen LogP contribution >= 0.6 is 0 Å². The van der Waals surface area contributed by atoms with Crippen molar-refractivity contribution in [1.82, 2.24) is 0 Å². The molecule has 0 saturated carbocycles. The van der Waals surface area contributed by atoms with E-state index in [2.05, 4.69) is 9.99 Å². The normalized spacial score (nSPS) is 30.6. The van der Waals surface area contributed by atoms with Gasteiger partial charge in [0.25, 0.3) is 0 Å². The van der Waals surface area contributed by atoms with Crippen LogP contribution in [0.25, 0.3) is 0 Å². The fourth-order valence-electron chi connectivity index (χ4n) is 1.06. The molecule has 11 heavy (non-hydrogen) atoms. The van der Waals surface area contributed by atoms with Gasteiger partial charge in [-0.05, 0) is 12.8 Å². The highest BCUT2D eigenvalue weighted by atomic mass is 16.7. The minimum absolute atomic E-state index is 0.0150. The molecule has 4 nitrogen and oxygen atoms in total. The number of nitrogens with two attached hydrogens (primary N) is 1. The van der Waals surface area contributed by atoms with E-state index < -0.39 is 11.5 Å². The summed E-state index contributed by atoms with van der Waals surface area (Å²) in [6, 6.07) is 0. The van der Waals surface area contributed by atoms with E-state index in [0.29, 0.717) is 5.71 Å². The van der Waals surface area contributed by atoms with Crippen LogP contribution in [0.5, 0.6) is 0 Å². The zero-order valence-electron chi connectivity index (χ0n) is 6.92. The molecule has 1 atom stereocenters. The van der Waals surface area contributed by atoms with Gasteiger partial charge in [0, 0.05) is 0 Å². The molecule has 2 N–H and O–H groups in total. The molecule has 0 aromatic carbocycles. The fraction of sp³-hybridized carbons (Fsp3) is 0.714. The van der Waals surface area contributed by atoms with Crippen LogP contribution in [-0.2, 0) is 9.63 Å². The maximum atomic E-state index is 11.1. The van der Waals surface area contributed by atoms with Gasteiger partial charge in [-0.1, -0.05) is 19.0 Å². The highest BCUT2D eigenvalue weighted by Crippen LogP contribution is 2.22. The SMILES string of the molecule is CC1=NOC(=O)C1(N)C(C)C. The van der Waals surface area contributed by atoms with Crippen molar-refractivity contribution >= 4 is 11.7 Å². The van der Waals surface area contributed by atoms with E-state index in [4.69, 9.17) is 5.73 Å². The molecule has 0 aliphatic carbocycles. The molecule has 1 aliphatic rings. The molecule has 0 aromatic heterocycles. The Morgan fingerprint density at radius 3 is 2.36 bits per heavy atom. The zero-order chi connectivity index (χ0) is 8.65. The first-order valence-electron chi connectivity index (χ1n) is 3.55. The second-order valence-corrected chi connectivity index (χ2v) is 3.08. The minimum atomic E-state index is -1.00. The van der Waals surface area contributed by atoms with Gasteiger partial charge in [-0.3, -0.25) is 0 Å². The van der Waals surface area contributed by atoms with Crippen LogP contribution in [0.4, 0.5) is 0 Å². The molecular formula is C7H12N2O2. The number of oxime groups is 1. The van der Waals surface area contributed by atoms with Crippen molar-refractivity contribution in [2.45, 2.75) is 26.3 Å². The lowest BCUT2D eigenvalue weighted by Gasteiger charge is -2.23. The molecular weight excluding hydrogens is 144 g/mol. The van der Waals surface area contributed by atoms with E-state index in [1.165, 1.54) is 0 Å². The summed E-state index contributed by atoms with van der Waals surface area (Å²) < 4.78 is 0. The molecule has 0 saturated heterocycles. The van der Waals surface area contributed by atoms with Gasteiger partial charge in [0.05, 0.1) is 5.71 Å². The molecule has 1 aliphatic heterocycles. The number of nitrogens with zero attached hydrogens (tertiary/aromatic N) is 1. The van der Waals surface area contributed by atoms with Gasteiger partial charge in [-0.2, -0.15) is 0 Å². The number of hydrogen-bond donors (Lipinski definition) is 1. The van der Waals surface area contributed by atoms with E-state index in [-0.39, 0.29) is 5.92 Å². The highest BCUT2D eigenvalue weighted by molar-refractivity contribution is 6.12. The Balaban J connectivity index is 3.00. The van der Waals surface area contributed by atoms with Crippen LogP contribution in [0.15, 0.2) is 5.16 Å². The molecule has 0 fully saturated rings. The molecule has 0 radical (unpaired) electrons. The molecule has 1 rings (SSSR count). The quantitative estimate of drug-likeness (QED) is 0.554. The molecule has 0 bridgehead atoms. The van der Waals surface area contributed by atoms with Gasteiger partial charge >= 0.3 is 5.97 Å². The van der Waals surface area contributed by atoms with Crippen molar-refractivity contribution in [3.05, 3.63) is 0 Å². The van der Waals surface area contributed by atoms with Gasteiger partial charge in [0.1, 0.15) is 0 Å². The number of rotatable bonds is 1. The Morgan fingerprint density at radius 1 is 1.64 bits per heavy atom. The molecule has 1 unspecified atom stereocenters. The lowest BCUT2D eigenvalue weighted by Crippen LogP contribution is -2.55. The first kappa shape index (κ1) is 8.20. The van der Waals surface area contributed by atoms with E-state index in [1.54, 1.807) is 6.92 Å². The third-order valence-electron chi connectivity index (χ3n) is 2.11. The van der Waals surface area contributed by atoms with Crippen LogP contribution in [0.1, 0.15) is 20.8 Å². The number of carbonyl (C=O) groups is 1. The minimum Gasteiger partial charge on any atom is -0.316 e. The predicted molar refractivity (Wildman–Crippen MR) is 41.0 cm³/mol. The summed E-state index contributed by atoms with van der Waals surface area (Å²) in [7, 11) is 0. The van der Waals surface area contributed by atoms with E-state index in [1.807, 2.05) is 13.8 Å².